The van der Waals surface area contributed by atoms with E-state index >= 15 is 0 Å². The van der Waals surface area contributed by atoms with E-state index in [1.165, 1.54) is 23.1 Å². The number of nitrogens with one attached hydrogen (secondary N) is 2. The molecule has 0 atom stereocenters. The van der Waals surface area contributed by atoms with Gasteiger partial charge in [-0.25, -0.2) is 0 Å². The Morgan fingerprint density at radius 3 is 2.75 bits per heavy atom. The monoisotopic (exact) mass is 464 g/mol. The Morgan fingerprint density at radius 1 is 1.22 bits per heavy atom. The normalized spacial score (nSPS) is 10.7. The van der Waals surface area contributed by atoms with E-state index in [1.807, 2.05) is 60.9 Å². The molecule has 0 spiro atoms. The summed E-state index contributed by atoms with van der Waals surface area (Å²) in [5, 5.41) is 24.6. The first-order chi connectivity index (χ1) is 15.5. The SMILES string of the molecule is Cc1c(C#N)c(NC(=O)CSc2nnc(Nc3ccccc3)s2)n(Cc2ccco2)c1C. The molecule has 4 rings (SSSR count). The van der Waals surface area contributed by atoms with E-state index in [1.54, 1.807) is 6.26 Å². The molecule has 0 saturated heterocycles. The van der Waals surface area contributed by atoms with Gasteiger partial charge in [-0.3, -0.25) is 4.79 Å². The number of benzene rings is 1. The quantitative estimate of drug-likeness (QED) is 0.355. The molecule has 0 fully saturated rings. The number of hydrogen-bond acceptors (Lipinski definition) is 8. The second-order valence-corrected chi connectivity index (χ2v) is 9.11. The summed E-state index contributed by atoms with van der Waals surface area (Å²) >= 11 is 2.67. The van der Waals surface area contributed by atoms with Gasteiger partial charge in [0.25, 0.3) is 0 Å². The van der Waals surface area contributed by atoms with Crippen molar-refractivity contribution >= 4 is 45.6 Å². The molecule has 0 unspecified atom stereocenters. The van der Waals surface area contributed by atoms with Crippen molar-refractivity contribution in [2.24, 2.45) is 0 Å². The minimum Gasteiger partial charge on any atom is -0.467 e. The smallest absolute Gasteiger partial charge is 0.235 e. The first kappa shape index (κ1) is 21.7. The largest absolute Gasteiger partial charge is 0.467 e. The lowest BCUT2D eigenvalue weighted by Gasteiger charge is -2.11. The summed E-state index contributed by atoms with van der Waals surface area (Å²) in [5.74, 6) is 1.14. The van der Waals surface area contributed by atoms with E-state index in [2.05, 4.69) is 26.9 Å². The van der Waals surface area contributed by atoms with Gasteiger partial charge in [0.05, 0.1) is 24.1 Å². The first-order valence-electron chi connectivity index (χ1n) is 9.75. The van der Waals surface area contributed by atoms with Gasteiger partial charge in [-0.05, 0) is 43.7 Å². The minimum absolute atomic E-state index is 0.148. The minimum atomic E-state index is -0.225. The molecule has 1 aromatic carbocycles. The van der Waals surface area contributed by atoms with Gasteiger partial charge < -0.3 is 19.6 Å². The van der Waals surface area contributed by atoms with Crippen molar-refractivity contribution in [3.8, 4) is 6.07 Å². The van der Waals surface area contributed by atoms with Crippen LogP contribution in [0.25, 0.3) is 0 Å². The van der Waals surface area contributed by atoms with Crippen LogP contribution < -0.4 is 10.6 Å². The van der Waals surface area contributed by atoms with Crippen LogP contribution in [0.2, 0.25) is 0 Å². The van der Waals surface area contributed by atoms with Crippen LogP contribution in [0.1, 0.15) is 22.6 Å². The number of anilines is 3. The van der Waals surface area contributed by atoms with Crippen molar-refractivity contribution in [3.63, 3.8) is 0 Å². The number of furan rings is 1. The summed E-state index contributed by atoms with van der Waals surface area (Å²) in [6, 6.07) is 15.6. The Labute approximate surface area is 193 Å². The molecule has 1 amide bonds. The molecule has 2 N–H and O–H groups in total. The van der Waals surface area contributed by atoms with E-state index in [4.69, 9.17) is 4.42 Å². The van der Waals surface area contributed by atoms with Gasteiger partial charge in [-0.2, -0.15) is 5.26 Å². The molecule has 0 bridgehead atoms. The number of carbonyl (C=O) groups is 1. The fourth-order valence-corrected chi connectivity index (χ4v) is 4.72. The summed E-state index contributed by atoms with van der Waals surface area (Å²) in [4.78, 5) is 12.7. The maximum atomic E-state index is 12.7. The molecule has 0 aliphatic heterocycles. The molecule has 3 aromatic heterocycles. The second-order valence-electron chi connectivity index (χ2n) is 6.91. The first-order valence-corrected chi connectivity index (χ1v) is 11.6. The van der Waals surface area contributed by atoms with E-state index in [9.17, 15) is 10.1 Å². The van der Waals surface area contributed by atoms with Crippen LogP contribution in [0, 0.1) is 25.2 Å². The zero-order valence-corrected chi connectivity index (χ0v) is 19.1. The molecule has 4 aromatic rings. The molecule has 10 heteroatoms. The van der Waals surface area contributed by atoms with Gasteiger partial charge in [0.15, 0.2) is 4.34 Å². The number of carbonyl (C=O) groups excluding carboxylic acids is 1. The Hall–Kier alpha value is -3.55. The zero-order chi connectivity index (χ0) is 22.5. The Balaban J connectivity index is 1.42. The van der Waals surface area contributed by atoms with Crippen molar-refractivity contribution in [3.05, 3.63) is 71.3 Å². The number of nitrogens with zero attached hydrogens (tertiary/aromatic N) is 4. The van der Waals surface area contributed by atoms with Crippen LogP contribution in [-0.4, -0.2) is 26.4 Å². The fraction of sp³-hybridized carbons (Fsp3) is 0.182. The van der Waals surface area contributed by atoms with Crippen LogP contribution >= 0.6 is 23.1 Å². The third-order valence-electron chi connectivity index (χ3n) is 4.85. The van der Waals surface area contributed by atoms with E-state index in [-0.39, 0.29) is 11.7 Å². The van der Waals surface area contributed by atoms with Crippen LogP contribution in [0.3, 0.4) is 0 Å². The highest BCUT2D eigenvalue weighted by molar-refractivity contribution is 8.01. The lowest BCUT2D eigenvalue weighted by Crippen LogP contribution is -2.18. The van der Waals surface area contributed by atoms with E-state index in [0.29, 0.717) is 27.4 Å². The lowest BCUT2D eigenvalue weighted by molar-refractivity contribution is -0.113. The van der Waals surface area contributed by atoms with Gasteiger partial charge in [0.1, 0.15) is 17.6 Å². The molecule has 0 aliphatic rings. The van der Waals surface area contributed by atoms with Crippen molar-refractivity contribution in [2.45, 2.75) is 24.7 Å². The fourth-order valence-electron chi connectivity index (χ4n) is 3.15. The number of aromatic nitrogens is 3. The molecule has 8 nitrogen and oxygen atoms in total. The molecule has 0 aliphatic carbocycles. The van der Waals surface area contributed by atoms with Gasteiger partial charge in [-0.15, -0.1) is 10.2 Å². The molecular weight excluding hydrogens is 444 g/mol. The number of para-hydroxylation sites is 1. The predicted molar refractivity (Wildman–Crippen MR) is 125 cm³/mol. The Kier molecular flexibility index (Phi) is 6.58. The number of rotatable bonds is 8. The Morgan fingerprint density at radius 2 is 2.03 bits per heavy atom. The lowest BCUT2D eigenvalue weighted by atomic mass is 10.2. The highest BCUT2D eigenvalue weighted by Crippen LogP contribution is 2.30. The summed E-state index contributed by atoms with van der Waals surface area (Å²) in [6.45, 7) is 4.22. The molecule has 0 saturated carbocycles. The van der Waals surface area contributed by atoms with E-state index < -0.39 is 0 Å². The third kappa shape index (κ3) is 4.85. The summed E-state index contributed by atoms with van der Waals surface area (Å²) in [7, 11) is 0. The van der Waals surface area contributed by atoms with Crippen LogP contribution in [0.15, 0.2) is 57.5 Å². The predicted octanol–water partition coefficient (Wildman–Crippen LogP) is 4.94. The standard InChI is InChI=1S/C22H20N6O2S2/c1-14-15(2)28(12-17-9-6-10-30-17)20(18(14)11-23)25-19(29)13-31-22-27-26-21(32-22)24-16-7-4-3-5-8-16/h3-10H,12-13H2,1-2H3,(H,24,26)(H,25,29). The maximum Gasteiger partial charge on any atom is 0.235 e. The van der Waals surface area contributed by atoms with Gasteiger partial charge in [0, 0.05) is 11.4 Å². The van der Waals surface area contributed by atoms with Gasteiger partial charge in [0.2, 0.25) is 11.0 Å². The van der Waals surface area contributed by atoms with Crippen molar-refractivity contribution < 1.29 is 9.21 Å². The molecule has 3 heterocycles. The van der Waals surface area contributed by atoms with E-state index in [0.717, 1.165) is 22.7 Å². The topological polar surface area (TPSA) is 109 Å². The molecule has 162 valence electrons. The molecular formula is C22H20N6O2S2. The van der Waals surface area contributed by atoms with Crippen molar-refractivity contribution in [2.75, 3.05) is 16.4 Å². The van der Waals surface area contributed by atoms with Crippen LogP contribution in [0.4, 0.5) is 16.6 Å². The number of amides is 1. The third-order valence-corrected chi connectivity index (χ3v) is 6.82. The average Bonchev–Trinajstić information content (AvgIpc) is 3.52. The van der Waals surface area contributed by atoms with Crippen molar-refractivity contribution in [1.29, 1.82) is 5.26 Å². The summed E-state index contributed by atoms with van der Waals surface area (Å²) < 4.78 is 8.01. The second kappa shape index (κ2) is 9.72. The van der Waals surface area contributed by atoms with Crippen LogP contribution in [0.5, 0.6) is 0 Å². The summed E-state index contributed by atoms with van der Waals surface area (Å²) in [6.07, 6.45) is 1.60. The highest BCUT2D eigenvalue weighted by Gasteiger charge is 2.20. The average molecular weight is 465 g/mol. The Bertz CT molecular complexity index is 1260. The number of hydrogen-bond donors (Lipinski definition) is 2. The summed E-state index contributed by atoms with van der Waals surface area (Å²) in [5.41, 5.74) is 3.12. The highest BCUT2D eigenvalue weighted by atomic mass is 32.2. The van der Waals surface area contributed by atoms with Gasteiger partial charge in [-0.1, -0.05) is 41.3 Å². The molecule has 0 radical (unpaired) electrons. The molecule has 32 heavy (non-hydrogen) atoms. The van der Waals surface area contributed by atoms with Gasteiger partial charge >= 0.3 is 0 Å². The zero-order valence-electron chi connectivity index (χ0n) is 17.5. The van der Waals surface area contributed by atoms with Crippen molar-refractivity contribution in [1.82, 2.24) is 14.8 Å². The number of nitriles is 1. The van der Waals surface area contributed by atoms with Crippen LogP contribution in [-0.2, 0) is 11.3 Å². The number of thioether (sulfide) groups is 1. The maximum absolute atomic E-state index is 12.7.